The highest BCUT2D eigenvalue weighted by molar-refractivity contribution is 6.70. The zero-order valence-corrected chi connectivity index (χ0v) is 16.7. The van der Waals surface area contributed by atoms with Crippen LogP contribution in [0.25, 0.3) is 0 Å². The van der Waals surface area contributed by atoms with Gasteiger partial charge in [0.05, 0.1) is 12.2 Å². The molecular formula is C16H30O6Si. The van der Waals surface area contributed by atoms with Crippen molar-refractivity contribution >= 4 is 14.3 Å². The molecule has 23 heavy (non-hydrogen) atoms. The Bertz CT molecular complexity index is 462. The average Bonchev–Trinajstić information content (AvgIpc) is 2.61. The second kappa shape index (κ2) is 7.13. The summed E-state index contributed by atoms with van der Waals surface area (Å²) in [4.78, 5) is 12.3. The van der Waals surface area contributed by atoms with Gasteiger partial charge in [0.15, 0.2) is 0 Å². The number of hydrogen-bond acceptors (Lipinski definition) is 6. The Balaban J connectivity index is 3.22. The van der Waals surface area contributed by atoms with E-state index in [1.807, 2.05) is 33.5 Å². The van der Waals surface area contributed by atoms with Gasteiger partial charge in [-0.15, -0.1) is 0 Å². The standard InChI is InChI=1S/C16H30O6Si/c1-10(2)18-14(17)12-13(21-16(5,6)20-12)15(19-11(3)4)22-23(7,8)9/h10-12H,1-9H3/b15-13+/t12-/m0/s1. The van der Waals surface area contributed by atoms with E-state index in [2.05, 4.69) is 0 Å². The SMILES string of the molecule is CC(C)OC(=O)[C@H]1OC(C)(C)O/C1=C(\OC(C)C)O[Si](C)(C)C. The largest absolute Gasteiger partial charge is 0.517 e. The molecule has 1 heterocycles. The Kier molecular flexibility index (Phi) is 6.15. The number of rotatable bonds is 6. The van der Waals surface area contributed by atoms with Crippen LogP contribution in [0.4, 0.5) is 0 Å². The van der Waals surface area contributed by atoms with Crippen LogP contribution in [0.3, 0.4) is 0 Å². The van der Waals surface area contributed by atoms with Crippen molar-refractivity contribution < 1.29 is 28.2 Å². The summed E-state index contributed by atoms with van der Waals surface area (Å²) in [5.74, 6) is -0.999. The number of carbonyl (C=O) groups is 1. The fraction of sp³-hybridized carbons (Fsp3) is 0.812. The van der Waals surface area contributed by atoms with Crippen molar-refractivity contribution in [1.82, 2.24) is 0 Å². The third kappa shape index (κ3) is 6.43. The van der Waals surface area contributed by atoms with E-state index >= 15 is 0 Å². The summed E-state index contributed by atoms with van der Waals surface area (Å²) in [6, 6.07) is 0. The summed E-state index contributed by atoms with van der Waals surface area (Å²) >= 11 is 0. The normalized spacial score (nSPS) is 22.8. The maximum atomic E-state index is 12.3. The zero-order valence-electron chi connectivity index (χ0n) is 15.7. The minimum Gasteiger partial charge on any atom is -0.517 e. The molecule has 0 saturated carbocycles. The number of hydrogen-bond donors (Lipinski definition) is 0. The van der Waals surface area contributed by atoms with E-state index in [1.165, 1.54) is 0 Å². The third-order valence-electron chi connectivity index (χ3n) is 2.50. The van der Waals surface area contributed by atoms with Gasteiger partial charge in [-0.3, -0.25) is 0 Å². The van der Waals surface area contributed by atoms with Gasteiger partial charge in [0, 0.05) is 13.8 Å². The van der Waals surface area contributed by atoms with E-state index in [1.54, 1.807) is 27.7 Å². The second-order valence-corrected chi connectivity index (χ2v) is 11.9. The van der Waals surface area contributed by atoms with Crippen molar-refractivity contribution in [3.05, 3.63) is 11.7 Å². The molecule has 0 aromatic heterocycles. The van der Waals surface area contributed by atoms with Crippen LogP contribution in [0.2, 0.25) is 19.6 Å². The molecule has 0 aromatic rings. The van der Waals surface area contributed by atoms with E-state index < -0.39 is 26.2 Å². The molecule has 1 fully saturated rings. The number of esters is 1. The van der Waals surface area contributed by atoms with E-state index in [0.717, 1.165) is 0 Å². The van der Waals surface area contributed by atoms with Crippen molar-refractivity contribution in [3.63, 3.8) is 0 Å². The molecule has 0 unspecified atom stereocenters. The summed E-state index contributed by atoms with van der Waals surface area (Å²) in [7, 11) is -1.97. The van der Waals surface area contributed by atoms with E-state index in [4.69, 9.17) is 23.4 Å². The smallest absolute Gasteiger partial charge is 0.343 e. The minimum absolute atomic E-state index is 0.122. The highest BCUT2D eigenvalue weighted by Gasteiger charge is 2.47. The van der Waals surface area contributed by atoms with Crippen LogP contribution >= 0.6 is 0 Å². The minimum atomic E-state index is -1.97. The quantitative estimate of drug-likeness (QED) is 0.416. The van der Waals surface area contributed by atoms with Gasteiger partial charge in [0.2, 0.25) is 26.0 Å². The van der Waals surface area contributed by atoms with Crippen molar-refractivity contribution in [2.75, 3.05) is 0 Å². The Morgan fingerprint density at radius 2 is 1.61 bits per heavy atom. The molecule has 134 valence electrons. The van der Waals surface area contributed by atoms with Gasteiger partial charge in [-0.2, -0.15) is 0 Å². The summed E-state index contributed by atoms with van der Waals surface area (Å²) in [5, 5.41) is 0. The van der Waals surface area contributed by atoms with Gasteiger partial charge >= 0.3 is 11.9 Å². The van der Waals surface area contributed by atoms with Crippen LogP contribution in [0.1, 0.15) is 41.5 Å². The van der Waals surface area contributed by atoms with Crippen LogP contribution in [0.5, 0.6) is 0 Å². The van der Waals surface area contributed by atoms with Crippen LogP contribution in [-0.2, 0) is 28.2 Å². The lowest BCUT2D eigenvalue weighted by molar-refractivity contribution is -0.172. The maximum Gasteiger partial charge on any atom is 0.343 e. The molecule has 0 aromatic carbocycles. The number of ether oxygens (including phenoxy) is 4. The molecular weight excluding hydrogens is 316 g/mol. The molecule has 1 aliphatic heterocycles. The molecule has 1 atom stereocenters. The Morgan fingerprint density at radius 1 is 1.09 bits per heavy atom. The fourth-order valence-electron chi connectivity index (χ4n) is 1.90. The van der Waals surface area contributed by atoms with E-state index in [0.29, 0.717) is 0 Å². The molecule has 0 bridgehead atoms. The van der Waals surface area contributed by atoms with Gasteiger partial charge in [0.1, 0.15) is 0 Å². The highest BCUT2D eigenvalue weighted by atomic mass is 28.4. The van der Waals surface area contributed by atoms with E-state index in [9.17, 15) is 4.79 Å². The van der Waals surface area contributed by atoms with Crippen LogP contribution < -0.4 is 0 Å². The molecule has 6 nitrogen and oxygen atoms in total. The fourth-order valence-corrected chi connectivity index (χ4v) is 2.61. The Labute approximate surface area is 140 Å². The monoisotopic (exact) mass is 346 g/mol. The van der Waals surface area contributed by atoms with Gasteiger partial charge < -0.3 is 23.4 Å². The summed E-state index contributed by atoms with van der Waals surface area (Å²) in [5.41, 5.74) is 0. The van der Waals surface area contributed by atoms with Crippen molar-refractivity contribution in [1.29, 1.82) is 0 Å². The predicted octanol–water partition coefficient (Wildman–Crippen LogP) is 3.54. The molecule has 0 radical (unpaired) electrons. The topological polar surface area (TPSA) is 63.2 Å². The highest BCUT2D eigenvalue weighted by Crippen LogP contribution is 2.35. The predicted molar refractivity (Wildman–Crippen MR) is 88.9 cm³/mol. The lowest BCUT2D eigenvalue weighted by Gasteiger charge is -2.25. The van der Waals surface area contributed by atoms with Crippen molar-refractivity contribution in [2.45, 2.75) is 85.3 Å². The van der Waals surface area contributed by atoms with Gasteiger partial charge in [-0.05, 0) is 47.3 Å². The molecule has 1 rings (SSSR count). The van der Waals surface area contributed by atoms with Crippen molar-refractivity contribution in [2.24, 2.45) is 0 Å². The lowest BCUT2D eigenvalue weighted by atomic mass is 10.3. The van der Waals surface area contributed by atoms with Crippen molar-refractivity contribution in [3.8, 4) is 0 Å². The lowest BCUT2D eigenvalue weighted by Crippen LogP contribution is -2.32. The first kappa shape index (κ1) is 19.8. The van der Waals surface area contributed by atoms with Crippen LogP contribution in [-0.4, -0.2) is 38.4 Å². The van der Waals surface area contributed by atoms with Gasteiger partial charge in [-0.25, -0.2) is 4.79 Å². The molecule has 1 aliphatic rings. The first-order valence-electron chi connectivity index (χ1n) is 7.98. The summed E-state index contributed by atoms with van der Waals surface area (Å²) in [6.45, 7) is 16.9. The second-order valence-electron chi connectivity index (χ2n) is 7.52. The van der Waals surface area contributed by atoms with Gasteiger partial charge in [0.25, 0.3) is 0 Å². The molecule has 0 amide bonds. The number of carbonyl (C=O) groups excluding carboxylic acids is 1. The molecule has 7 heteroatoms. The van der Waals surface area contributed by atoms with E-state index in [-0.39, 0.29) is 23.9 Å². The molecule has 0 spiro atoms. The summed E-state index contributed by atoms with van der Waals surface area (Å²) < 4.78 is 28.5. The first-order valence-corrected chi connectivity index (χ1v) is 11.4. The first-order chi connectivity index (χ1) is 10.3. The summed E-state index contributed by atoms with van der Waals surface area (Å²) in [6.07, 6.45) is -1.36. The molecule has 0 N–H and O–H groups in total. The maximum absolute atomic E-state index is 12.3. The molecule has 0 aliphatic carbocycles. The Hall–Kier alpha value is -1.21. The van der Waals surface area contributed by atoms with Crippen LogP contribution in [0, 0.1) is 0 Å². The average molecular weight is 346 g/mol. The Morgan fingerprint density at radius 3 is 2.04 bits per heavy atom. The van der Waals surface area contributed by atoms with Gasteiger partial charge in [-0.1, -0.05) is 0 Å². The van der Waals surface area contributed by atoms with Crippen LogP contribution in [0.15, 0.2) is 11.7 Å². The third-order valence-corrected chi connectivity index (χ3v) is 3.30. The zero-order chi connectivity index (χ0) is 18.0. The molecule has 1 saturated heterocycles.